The van der Waals surface area contributed by atoms with E-state index in [1.54, 1.807) is 0 Å². The summed E-state index contributed by atoms with van der Waals surface area (Å²) in [6.07, 6.45) is 0. The van der Waals surface area contributed by atoms with Crippen LogP contribution in [0.4, 0.5) is 17.5 Å². The van der Waals surface area contributed by atoms with Gasteiger partial charge in [-0.3, -0.25) is 0 Å². The molecule has 4 rings (SSSR count). The minimum Gasteiger partial charge on any atom is -0.378 e. The Labute approximate surface area is 145 Å². The molecule has 1 N–H and O–H groups in total. The fourth-order valence-electron chi connectivity index (χ4n) is 2.73. The molecule has 0 bridgehead atoms. The lowest BCUT2D eigenvalue weighted by Crippen LogP contribution is -2.36. The number of nitrogens with zero attached hydrogens (tertiary/aromatic N) is 4. The van der Waals surface area contributed by atoms with Crippen molar-refractivity contribution in [1.82, 2.24) is 15.1 Å². The van der Waals surface area contributed by atoms with Gasteiger partial charge in [-0.25, -0.2) is 9.97 Å². The quantitative estimate of drug-likeness (QED) is 0.784. The van der Waals surface area contributed by atoms with Crippen LogP contribution < -0.4 is 10.2 Å². The smallest absolute Gasteiger partial charge is 0.175 e. The third-order valence-electron chi connectivity index (χ3n) is 3.96. The topological polar surface area (TPSA) is 76.3 Å². The summed E-state index contributed by atoms with van der Waals surface area (Å²) in [6.45, 7) is 4.89. The average molecular weight is 337 g/mol. The highest BCUT2D eigenvalue weighted by molar-refractivity contribution is 5.64. The zero-order valence-corrected chi connectivity index (χ0v) is 14.0. The average Bonchev–Trinajstić information content (AvgIpc) is 3.07. The van der Waals surface area contributed by atoms with Crippen molar-refractivity contribution in [1.29, 1.82) is 0 Å². The van der Waals surface area contributed by atoms with E-state index in [1.807, 2.05) is 49.4 Å². The normalized spacial score (nSPS) is 14.5. The summed E-state index contributed by atoms with van der Waals surface area (Å²) in [5.74, 6) is 3.60. The summed E-state index contributed by atoms with van der Waals surface area (Å²) in [7, 11) is 0. The molecule has 3 heterocycles. The third kappa shape index (κ3) is 3.61. The molecule has 7 heteroatoms. The third-order valence-corrected chi connectivity index (χ3v) is 3.96. The van der Waals surface area contributed by atoms with E-state index >= 15 is 0 Å². The largest absolute Gasteiger partial charge is 0.378 e. The molecule has 2 aromatic heterocycles. The minimum atomic E-state index is 0.628. The van der Waals surface area contributed by atoms with Gasteiger partial charge in [0, 0.05) is 30.8 Å². The van der Waals surface area contributed by atoms with E-state index in [4.69, 9.17) is 14.2 Å². The number of ether oxygens (including phenoxy) is 1. The van der Waals surface area contributed by atoms with Crippen molar-refractivity contribution in [2.45, 2.75) is 6.92 Å². The molecule has 0 radical (unpaired) electrons. The van der Waals surface area contributed by atoms with Gasteiger partial charge < -0.3 is 19.5 Å². The van der Waals surface area contributed by atoms with Gasteiger partial charge in [0.2, 0.25) is 0 Å². The highest BCUT2D eigenvalue weighted by Gasteiger charge is 2.16. The van der Waals surface area contributed by atoms with Crippen molar-refractivity contribution < 1.29 is 9.26 Å². The van der Waals surface area contributed by atoms with E-state index in [1.165, 1.54) is 0 Å². The van der Waals surface area contributed by atoms with Crippen molar-refractivity contribution >= 4 is 17.5 Å². The number of aryl methyl sites for hydroxylation is 1. The lowest BCUT2D eigenvalue weighted by atomic mass is 10.2. The summed E-state index contributed by atoms with van der Waals surface area (Å²) >= 11 is 0. The predicted octanol–water partition coefficient (Wildman–Crippen LogP) is 3.02. The molecule has 1 fully saturated rings. The van der Waals surface area contributed by atoms with Crippen LogP contribution in [-0.2, 0) is 4.74 Å². The van der Waals surface area contributed by atoms with E-state index in [0.29, 0.717) is 30.7 Å². The summed E-state index contributed by atoms with van der Waals surface area (Å²) in [5, 5.41) is 7.18. The second-order valence-electron chi connectivity index (χ2n) is 5.85. The van der Waals surface area contributed by atoms with E-state index in [0.717, 1.165) is 30.2 Å². The molecular formula is C18H19N5O2. The first-order chi connectivity index (χ1) is 12.3. The van der Waals surface area contributed by atoms with Gasteiger partial charge in [-0.15, -0.1) is 0 Å². The number of hydrogen-bond acceptors (Lipinski definition) is 7. The molecule has 0 spiro atoms. The Morgan fingerprint density at radius 2 is 1.80 bits per heavy atom. The molecule has 1 aromatic carbocycles. The molecule has 1 saturated heterocycles. The second-order valence-corrected chi connectivity index (χ2v) is 5.85. The van der Waals surface area contributed by atoms with Crippen LogP contribution in [0, 0.1) is 6.92 Å². The first kappa shape index (κ1) is 15.6. The van der Waals surface area contributed by atoms with E-state index in [2.05, 4.69) is 20.4 Å². The van der Waals surface area contributed by atoms with Gasteiger partial charge in [0.1, 0.15) is 17.4 Å². The van der Waals surface area contributed by atoms with E-state index < -0.39 is 0 Å². The Balaban J connectivity index is 1.71. The van der Waals surface area contributed by atoms with Crippen LogP contribution in [0.1, 0.15) is 5.76 Å². The Bertz CT molecular complexity index is 844. The van der Waals surface area contributed by atoms with Crippen LogP contribution in [0.25, 0.3) is 11.4 Å². The number of anilines is 3. The first-order valence-corrected chi connectivity index (χ1v) is 8.25. The first-order valence-electron chi connectivity index (χ1n) is 8.25. The summed E-state index contributed by atoms with van der Waals surface area (Å²) in [6, 6.07) is 13.7. The Kier molecular flexibility index (Phi) is 4.30. The Morgan fingerprint density at radius 3 is 2.52 bits per heavy atom. The van der Waals surface area contributed by atoms with Crippen molar-refractivity contribution in [3.8, 4) is 11.4 Å². The minimum absolute atomic E-state index is 0.628. The number of morpholine rings is 1. The Morgan fingerprint density at radius 1 is 1.00 bits per heavy atom. The molecule has 3 aromatic rings. The summed E-state index contributed by atoms with van der Waals surface area (Å²) in [5.41, 5.74) is 0.969. The van der Waals surface area contributed by atoms with Gasteiger partial charge in [-0.1, -0.05) is 35.5 Å². The zero-order chi connectivity index (χ0) is 17.1. The van der Waals surface area contributed by atoms with Crippen molar-refractivity contribution in [2.75, 3.05) is 36.5 Å². The second kappa shape index (κ2) is 6.90. The maximum absolute atomic E-state index is 5.44. The summed E-state index contributed by atoms with van der Waals surface area (Å²) in [4.78, 5) is 11.6. The maximum Gasteiger partial charge on any atom is 0.175 e. The van der Waals surface area contributed by atoms with Crippen LogP contribution in [-0.4, -0.2) is 41.4 Å². The molecule has 25 heavy (non-hydrogen) atoms. The van der Waals surface area contributed by atoms with Crippen molar-refractivity contribution in [2.24, 2.45) is 0 Å². The molecule has 0 atom stereocenters. The van der Waals surface area contributed by atoms with E-state index in [9.17, 15) is 0 Å². The summed E-state index contributed by atoms with van der Waals surface area (Å²) < 4.78 is 10.6. The standard InChI is InChI=1S/C18H19N5O2/c1-13-11-16(22-25-13)19-15-12-17(23-7-9-24-10-8-23)21-18(20-15)14-5-3-2-4-6-14/h2-6,11-12H,7-10H2,1H3,(H,19,20,21,22). The molecule has 7 nitrogen and oxygen atoms in total. The number of nitrogens with one attached hydrogen (secondary N) is 1. The molecule has 0 saturated carbocycles. The molecule has 0 amide bonds. The van der Waals surface area contributed by atoms with Crippen molar-refractivity contribution in [3.05, 3.63) is 48.2 Å². The van der Waals surface area contributed by atoms with Crippen LogP contribution in [0.15, 0.2) is 47.0 Å². The number of rotatable bonds is 4. The molecule has 128 valence electrons. The van der Waals surface area contributed by atoms with Crippen molar-refractivity contribution in [3.63, 3.8) is 0 Å². The van der Waals surface area contributed by atoms with Gasteiger partial charge in [0.05, 0.1) is 13.2 Å². The van der Waals surface area contributed by atoms with Gasteiger partial charge >= 0.3 is 0 Å². The fraction of sp³-hybridized carbons (Fsp3) is 0.278. The highest BCUT2D eigenvalue weighted by Crippen LogP contribution is 2.25. The van der Waals surface area contributed by atoms with E-state index in [-0.39, 0.29) is 0 Å². The SMILES string of the molecule is Cc1cc(Nc2cc(N3CCOCC3)nc(-c3ccccc3)n2)no1. The number of benzene rings is 1. The molecular weight excluding hydrogens is 318 g/mol. The van der Waals surface area contributed by atoms with Gasteiger partial charge in [-0.05, 0) is 6.92 Å². The molecule has 0 aliphatic carbocycles. The molecule has 1 aliphatic rings. The monoisotopic (exact) mass is 337 g/mol. The molecule has 0 unspecified atom stereocenters. The fourth-order valence-corrected chi connectivity index (χ4v) is 2.73. The predicted molar refractivity (Wildman–Crippen MR) is 95.0 cm³/mol. The zero-order valence-electron chi connectivity index (χ0n) is 14.0. The van der Waals surface area contributed by atoms with Crippen LogP contribution in [0.2, 0.25) is 0 Å². The van der Waals surface area contributed by atoms with Gasteiger partial charge in [-0.2, -0.15) is 0 Å². The van der Waals surface area contributed by atoms with Gasteiger partial charge in [0.15, 0.2) is 11.6 Å². The number of hydrogen-bond donors (Lipinski definition) is 1. The van der Waals surface area contributed by atoms with Crippen LogP contribution >= 0.6 is 0 Å². The number of aromatic nitrogens is 3. The maximum atomic E-state index is 5.44. The van der Waals surface area contributed by atoms with Crippen LogP contribution in [0.3, 0.4) is 0 Å². The molecule has 1 aliphatic heterocycles. The van der Waals surface area contributed by atoms with Gasteiger partial charge in [0.25, 0.3) is 0 Å². The van der Waals surface area contributed by atoms with Crippen LogP contribution in [0.5, 0.6) is 0 Å². The highest BCUT2D eigenvalue weighted by atomic mass is 16.5. The lowest BCUT2D eigenvalue weighted by Gasteiger charge is -2.28. The lowest BCUT2D eigenvalue weighted by molar-refractivity contribution is 0.122. The Hall–Kier alpha value is -2.93.